The summed E-state index contributed by atoms with van der Waals surface area (Å²) < 4.78 is 1.87. The summed E-state index contributed by atoms with van der Waals surface area (Å²) in [7, 11) is 1.88. The second kappa shape index (κ2) is 6.33. The predicted molar refractivity (Wildman–Crippen MR) is 97.3 cm³/mol. The number of rotatable bonds is 3. The first-order valence-electron chi connectivity index (χ1n) is 8.70. The number of aryl methyl sites for hydroxylation is 1. The van der Waals surface area contributed by atoms with Gasteiger partial charge in [0.2, 0.25) is 0 Å². The van der Waals surface area contributed by atoms with Crippen molar-refractivity contribution in [3.63, 3.8) is 0 Å². The van der Waals surface area contributed by atoms with E-state index in [2.05, 4.69) is 29.2 Å². The Hall–Kier alpha value is -2.66. The number of hydrogen-bond acceptors (Lipinski definition) is 3. The van der Waals surface area contributed by atoms with Gasteiger partial charge in [-0.15, -0.1) is 0 Å². The van der Waals surface area contributed by atoms with Gasteiger partial charge in [0.25, 0.3) is 5.91 Å². The molecule has 1 amide bonds. The van der Waals surface area contributed by atoms with Crippen molar-refractivity contribution in [2.75, 3.05) is 7.05 Å². The number of imidazole rings is 1. The molecular formula is C20H22N4O. The minimum Gasteiger partial charge on any atom is -0.333 e. The van der Waals surface area contributed by atoms with Gasteiger partial charge in [0.05, 0.1) is 6.04 Å². The van der Waals surface area contributed by atoms with Gasteiger partial charge in [0.1, 0.15) is 11.3 Å². The van der Waals surface area contributed by atoms with Crippen molar-refractivity contribution in [3.05, 3.63) is 71.2 Å². The van der Waals surface area contributed by atoms with Crippen LogP contribution < -0.4 is 5.73 Å². The zero-order valence-electron chi connectivity index (χ0n) is 14.4. The highest BCUT2D eigenvalue weighted by molar-refractivity contribution is 5.93. The number of nitrogens with zero attached hydrogens (tertiary/aromatic N) is 3. The van der Waals surface area contributed by atoms with E-state index >= 15 is 0 Å². The van der Waals surface area contributed by atoms with Gasteiger partial charge in [0, 0.05) is 26.0 Å². The minimum atomic E-state index is -0.0419. The number of carbonyl (C=O) groups excluding carboxylic acids is 1. The van der Waals surface area contributed by atoms with E-state index in [0.29, 0.717) is 12.2 Å². The minimum absolute atomic E-state index is 0.0419. The fourth-order valence-corrected chi connectivity index (χ4v) is 3.71. The van der Waals surface area contributed by atoms with Crippen molar-refractivity contribution in [2.24, 2.45) is 5.73 Å². The average Bonchev–Trinajstić information content (AvgIpc) is 3.09. The van der Waals surface area contributed by atoms with Crippen molar-refractivity contribution >= 4 is 11.6 Å². The highest BCUT2D eigenvalue weighted by Gasteiger charge is 2.28. The SMILES string of the molecule is CN(C(=O)c1cn2cc(CN)ccc2n1)C1CCCc2ccccc21. The van der Waals surface area contributed by atoms with E-state index in [0.717, 1.165) is 30.5 Å². The number of fused-ring (bicyclic) bond motifs is 2. The smallest absolute Gasteiger partial charge is 0.274 e. The summed E-state index contributed by atoms with van der Waals surface area (Å²) in [6.07, 6.45) is 6.90. The number of nitrogens with two attached hydrogens (primary N) is 1. The highest BCUT2D eigenvalue weighted by atomic mass is 16.2. The van der Waals surface area contributed by atoms with Crippen LogP contribution in [0.3, 0.4) is 0 Å². The lowest BCUT2D eigenvalue weighted by molar-refractivity contribution is 0.0710. The molecule has 5 nitrogen and oxygen atoms in total. The topological polar surface area (TPSA) is 63.6 Å². The lowest BCUT2D eigenvalue weighted by Gasteiger charge is -2.33. The molecule has 128 valence electrons. The maximum Gasteiger partial charge on any atom is 0.274 e. The second-order valence-corrected chi connectivity index (χ2v) is 6.66. The summed E-state index contributed by atoms with van der Waals surface area (Å²) >= 11 is 0. The third-order valence-corrected chi connectivity index (χ3v) is 5.09. The molecule has 4 rings (SSSR count). The van der Waals surface area contributed by atoms with E-state index in [9.17, 15) is 4.79 Å². The number of hydrogen-bond donors (Lipinski definition) is 1. The number of pyridine rings is 1. The van der Waals surface area contributed by atoms with Crippen LogP contribution in [0, 0.1) is 0 Å². The van der Waals surface area contributed by atoms with Crippen LogP contribution >= 0.6 is 0 Å². The van der Waals surface area contributed by atoms with E-state index in [1.807, 2.05) is 34.7 Å². The van der Waals surface area contributed by atoms with Gasteiger partial charge < -0.3 is 15.0 Å². The Morgan fingerprint density at radius 3 is 2.96 bits per heavy atom. The monoisotopic (exact) mass is 334 g/mol. The largest absolute Gasteiger partial charge is 0.333 e. The fourth-order valence-electron chi connectivity index (χ4n) is 3.71. The van der Waals surface area contributed by atoms with Gasteiger partial charge in [-0.1, -0.05) is 30.3 Å². The summed E-state index contributed by atoms with van der Waals surface area (Å²) in [5, 5.41) is 0. The van der Waals surface area contributed by atoms with E-state index in [1.54, 1.807) is 6.20 Å². The van der Waals surface area contributed by atoms with E-state index in [4.69, 9.17) is 5.73 Å². The first-order valence-corrected chi connectivity index (χ1v) is 8.70. The Morgan fingerprint density at radius 2 is 2.12 bits per heavy atom. The molecule has 1 aromatic carbocycles. The molecule has 0 fully saturated rings. The predicted octanol–water partition coefficient (Wildman–Crippen LogP) is 2.94. The molecule has 0 spiro atoms. The zero-order chi connectivity index (χ0) is 17.4. The van der Waals surface area contributed by atoms with Crippen LogP contribution in [0.25, 0.3) is 5.65 Å². The number of aromatic nitrogens is 2. The van der Waals surface area contributed by atoms with E-state index in [-0.39, 0.29) is 11.9 Å². The van der Waals surface area contributed by atoms with Gasteiger partial charge in [-0.25, -0.2) is 4.98 Å². The van der Waals surface area contributed by atoms with Crippen molar-refractivity contribution in [3.8, 4) is 0 Å². The summed E-state index contributed by atoms with van der Waals surface area (Å²) in [4.78, 5) is 19.3. The number of benzene rings is 1. The maximum atomic E-state index is 13.0. The highest BCUT2D eigenvalue weighted by Crippen LogP contribution is 2.34. The molecule has 5 heteroatoms. The van der Waals surface area contributed by atoms with E-state index < -0.39 is 0 Å². The molecule has 1 atom stereocenters. The molecule has 2 aromatic heterocycles. The summed E-state index contributed by atoms with van der Waals surface area (Å²) in [6.45, 7) is 0.468. The lowest BCUT2D eigenvalue weighted by Crippen LogP contribution is -2.33. The third kappa shape index (κ3) is 2.81. The van der Waals surface area contributed by atoms with Gasteiger partial charge in [-0.05, 0) is 42.0 Å². The second-order valence-electron chi connectivity index (χ2n) is 6.66. The summed E-state index contributed by atoms with van der Waals surface area (Å²) in [6, 6.07) is 12.4. The van der Waals surface area contributed by atoms with Crippen molar-refractivity contribution in [2.45, 2.75) is 31.8 Å². The van der Waals surface area contributed by atoms with Crippen molar-refractivity contribution in [1.82, 2.24) is 14.3 Å². The van der Waals surface area contributed by atoms with Crippen molar-refractivity contribution in [1.29, 1.82) is 0 Å². The van der Waals surface area contributed by atoms with Crippen LogP contribution in [0.1, 0.15) is 46.1 Å². The van der Waals surface area contributed by atoms with Gasteiger partial charge in [-0.3, -0.25) is 4.79 Å². The molecule has 0 bridgehead atoms. The molecule has 0 radical (unpaired) electrons. The zero-order valence-corrected chi connectivity index (χ0v) is 14.4. The van der Waals surface area contributed by atoms with Crippen LogP contribution in [-0.2, 0) is 13.0 Å². The Labute approximate surface area is 147 Å². The molecule has 0 saturated carbocycles. The van der Waals surface area contributed by atoms with Crippen LogP contribution in [-0.4, -0.2) is 27.2 Å². The average molecular weight is 334 g/mol. The fraction of sp³-hybridized carbons (Fsp3) is 0.300. The quantitative estimate of drug-likeness (QED) is 0.801. The molecule has 1 unspecified atom stereocenters. The first kappa shape index (κ1) is 15.8. The molecule has 1 aliphatic carbocycles. The standard InChI is InChI=1S/C20H22N4O/c1-23(18-8-4-6-15-5-2-3-7-16(15)18)20(25)17-13-24-12-14(11-21)9-10-19(24)22-17/h2-3,5,7,9-10,12-13,18H,4,6,8,11,21H2,1H3. The van der Waals surface area contributed by atoms with Gasteiger partial charge in [0.15, 0.2) is 0 Å². The first-order chi connectivity index (χ1) is 12.2. The van der Waals surface area contributed by atoms with Crippen LogP contribution in [0.4, 0.5) is 0 Å². The maximum absolute atomic E-state index is 13.0. The van der Waals surface area contributed by atoms with Crippen molar-refractivity contribution < 1.29 is 4.79 Å². The van der Waals surface area contributed by atoms with Crippen LogP contribution in [0.5, 0.6) is 0 Å². The van der Waals surface area contributed by atoms with Crippen LogP contribution in [0.15, 0.2) is 48.8 Å². The Bertz CT molecular complexity index is 930. The molecule has 3 aromatic rings. The molecule has 25 heavy (non-hydrogen) atoms. The molecule has 1 aliphatic rings. The Morgan fingerprint density at radius 1 is 1.28 bits per heavy atom. The molecular weight excluding hydrogens is 312 g/mol. The van der Waals surface area contributed by atoms with Crippen LogP contribution in [0.2, 0.25) is 0 Å². The summed E-state index contributed by atoms with van der Waals surface area (Å²) in [5.41, 5.74) is 10.5. The molecule has 0 aliphatic heterocycles. The van der Waals surface area contributed by atoms with Gasteiger partial charge >= 0.3 is 0 Å². The molecule has 0 saturated heterocycles. The third-order valence-electron chi connectivity index (χ3n) is 5.09. The lowest BCUT2D eigenvalue weighted by atomic mass is 9.87. The molecule has 2 N–H and O–H groups in total. The van der Waals surface area contributed by atoms with Gasteiger partial charge in [-0.2, -0.15) is 0 Å². The van der Waals surface area contributed by atoms with E-state index in [1.165, 1.54) is 11.1 Å². The number of amides is 1. The Balaban J connectivity index is 1.65. The summed E-state index contributed by atoms with van der Waals surface area (Å²) in [5.74, 6) is -0.0419. The molecule has 2 heterocycles. The Kier molecular flexibility index (Phi) is 4.01. The normalized spacial score (nSPS) is 16.6. The number of carbonyl (C=O) groups is 1.